The van der Waals surface area contributed by atoms with E-state index < -0.39 is 21.5 Å². The Morgan fingerprint density at radius 1 is 0.614 bits per heavy atom. The van der Waals surface area contributed by atoms with Crippen LogP contribution in [0, 0.1) is 0 Å². The zero-order chi connectivity index (χ0) is 31.2. The Bertz CT molecular complexity index is 1650. The number of rotatable bonds is 9. The maximum absolute atomic E-state index is 8.54. The molecule has 0 fully saturated rings. The third kappa shape index (κ3) is 4.92. The van der Waals surface area contributed by atoms with E-state index in [9.17, 15) is 0 Å². The van der Waals surface area contributed by atoms with Crippen LogP contribution >= 0.6 is 17.0 Å². The second kappa shape index (κ2) is 12.1. The summed E-state index contributed by atoms with van der Waals surface area (Å²) < 4.78 is 11.1. The minimum absolute atomic E-state index is 0.0835. The van der Waals surface area contributed by atoms with Crippen molar-refractivity contribution in [2.24, 2.45) is 0 Å². The Balaban J connectivity index is 1.54. The second-order valence-corrected chi connectivity index (χ2v) is 55.0. The van der Waals surface area contributed by atoms with Crippen LogP contribution in [0.25, 0.3) is 34.4 Å². The third-order valence-corrected chi connectivity index (χ3v) is 62.0. The first-order valence-corrected chi connectivity index (χ1v) is 32.0. The molecule has 6 rings (SSSR count). The molecule has 2 unspecified atom stereocenters. The number of allylic oxidation sites excluding steroid dienone is 2. The van der Waals surface area contributed by atoms with Crippen molar-refractivity contribution in [3.05, 3.63) is 118 Å². The molecule has 0 aliphatic heterocycles. The van der Waals surface area contributed by atoms with E-state index >= 15 is 0 Å². The van der Waals surface area contributed by atoms with Gasteiger partial charge >= 0.3 is 273 Å². The first-order chi connectivity index (χ1) is 21.2. The van der Waals surface area contributed by atoms with Crippen molar-refractivity contribution >= 4 is 35.1 Å². The molecule has 0 amide bonds. The molecule has 0 radical (unpaired) electrons. The number of fused-ring (bicyclic) bond motifs is 2. The summed E-state index contributed by atoms with van der Waals surface area (Å²) in [5, 5.41) is 0. The average molecular weight is 720 g/mol. The molecule has 0 N–H and O–H groups in total. The quantitative estimate of drug-likeness (QED) is 0.160. The summed E-state index contributed by atoms with van der Waals surface area (Å²) in [6.45, 7) is 9.37. The van der Waals surface area contributed by atoms with Crippen LogP contribution in [0.3, 0.4) is 0 Å². The SMILES string of the molecule is CCC1=Cc2c(-c3ccc(OC)cc3)cccc2[CH]1[Zr]([Cl])([Cl])([CH]1C(CC)=Cc2c(-c3ccc(OC)cc3)cccc21)[SiH](C)C. The van der Waals surface area contributed by atoms with Gasteiger partial charge < -0.3 is 0 Å². The number of hydrogen-bond donors (Lipinski definition) is 0. The van der Waals surface area contributed by atoms with Crippen LogP contribution in [0.2, 0.25) is 13.1 Å². The topological polar surface area (TPSA) is 18.5 Å². The summed E-state index contributed by atoms with van der Waals surface area (Å²) in [7, 11) is 20.5. The van der Waals surface area contributed by atoms with Gasteiger partial charge in [0.1, 0.15) is 0 Å². The molecule has 0 bridgehead atoms. The van der Waals surface area contributed by atoms with Gasteiger partial charge in [-0.2, -0.15) is 0 Å². The van der Waals surface area contributed by atoms with Gasteiger partial charge in [-0.15, -0.1) is 0 Å². The predicted octanol–water partition coefficient (Wildman–Crippen LogP) is 11.4. The molecule has 2 aliphatic carbocycles. The number of methoxy groups -OCH3 is 2. The third-order valence-electron chi connectivity index (χ3n) is 10.1. The number of benzene rings is 4. The summed E-state index contributed by atoms with van der Waals surface area (Å²) in [6.07, 6.45) is 6.71. The van der Waals surface area contributed by atoms with Crippen molar-refractivity contribution in [3.8, 4) is 33.8 Å². The fraction of sp³-hybridized carbons (Fsp3) is 0.263. The van der Waals surface area contributed by atoms with Crippen molar-refractivity contribution in [2.75, 3.05) is 14.2 Å². The summed E-state index contributed by atoms with van der Waals surface area (Å²) in [5.41, 5.74) is 12.8. The fourth-order valence-electron chi connectivity index (χ4n) is 7.72. The molecule has 227 valence electrons. The van der Waals surface area contributed by atoms with Crippen molar-refractivity contribution in [2.45, 2.75) is 47.0 Å². The van der Waals surface area contributed by atoms with E-state index in [0.717, 1.165) is 24.3 Å². The minimum atomic E-state index is -4.78. The van der Waals surface area contributed by atoms with Gasteiger partial charge in [-0.05, 0) is 0 Å². The zero-order valence-corrected chi connectivity index (χ0v) is 31.6. The van der Waals surface area contributed by atoms with Gasteiger partial charge in [-0.25, -0.2) is 0 Å². The molecule has 4 aromatic rings. The molecule has 0 heterocycles. The van der Waals surface area contributed by atoms with E-state index in [2.05, 4.69) is 99.8 Å². The molecule has 0 saturated heterocycles. The Hall–Kier alpha value is -2.36. The summed E-state index contributed by atoms with van der Waals surface area (Å²) in [4.78, 5) is 0. The molecule has 2 atom stereocenters. The Kier molecular flexibility index (Phi) is 8.70. The van der Waals surface area contributed by atoms with Crippen LogP contribution in [0.1, 0.15) is 56.2 Å². The van der Waals surface area contributed by atoms with Crippen molar-refractivity contribution in [1.29, 1.82) is 0 Å². The zero-order valence-electron chi connectivity index (χ0n) is 26.5. The van der Waals surface area contributed by atoms with Crippen molar-refractivity contribution < 1.29 is 25.0 Å². The monoisotopic (exact) mass is 717 g/mol. The summed E-state index contributed by atoms with van der Waals surface area (Å²) in [5.74, 6) is 0.0994. The van der Waals surface area contributed by atoms with Crippen LogP contribution in [-0.2, 0) is 15.6 Å². The fourth-order valence-corrected chi connectivity index (χ4v) is 39.5. The van der Waals surface area contributed by atoms with E-state index in [0.29, 0.717) is 0 Å². The molecular formula is C38H41Cl2O2SiZr. The van der Waals surface area contributed by atoms with Crippen LogP contribution in [0.5, 0.6) is 11.5 Å². The van der Waals surface area contributed by atoms with E-state index in [-0.39, 0.29) is 7.25 Å². The van der Waals surface area contributed by atoms with E-state index in [1.165, 1.54) is 55.7 Å². The van der Waals surface area contributed by atoms with Crippen molar-refractivity contribution in [1.82, 2.24) is 0 Å². The summed E-state index contributed by atoms with van der Waals surface area (Å²) >= 11 is -4.78. The molecule has 0 aromatic heterocycles. The first kappa shape index (κ1) is 31.6. The molecule has 0 saturated carbocycles. The van der Waals surface area contributed by atoms with E-state index in [4.69, 9.17) is 26.5 Å². The molecule has 2 nitrogen and oxygen atoms in total. The van der Waals surface area contributed by atoms with Gasteiger partial charge in [0, 0.05) is 0 Å². The standard InChI is InChI=1S/2C18H17O.C2H7Si.2ClH.Zr/c2*1-3-13-11-15-5-4-6-17(18(15)12-13)14-7-9-16(19-2)10-8-14;1-3-2;;;/h2*4-12H,3H2,1-2H3;3H,1-2H3;2*1H;/q;;;;;+2/p-2. The van der Waals surface area contributed by atoms with Gasteiger partial charge in [0.05, 0.1) is 0 Å². The molecular weight excluding hydrogens is 679 g/mol. The van der Waals surface area contributed by atoms with Crippen LogP contribution in [0.15, 0.2) is 96.1 Å². The molecule has 44 heavy (non-hydrogen) atoms. The maximum atomic E-state index is 8.54. The average Bonchev–Trinajstić information content (AvgIpc) is 3.65. The normalized spacial score (nSPS) is 18.2. The second-order valence-electron chi connectivity index (χ2n) is 12.5. The molecule has 6 heteroatoms. The Morgan fingerprint density at radius 3 is 1.32 bits per heavy atom. The van der Waals surface area contributed by atoms with Crippen LogP contribution in [0.4, 0.5) is 0 Å². The molecule has 4 aromatic carbocycles. The Labute approximate surface area is 271 Å². The number of ether oxygens (including phenoxy) is 2. The molecule has 2 aliphatic rings. The van der Waals surface area contributed by atoms with Gasteiger partial charge in [0.25, 0.3) is 0 Å². The number of hydrogen-bond acceptors (Lipinski definition) is 2. The predicted molar refractivity (Wildman–Crippen MR) is 189 cm³/mol. The molecule has 0 spiro atoms. The van der Waals surface area contributed by atoms with E-state index in [1.54, 1.807) is 14.2 Å². The number of halogens is 2. The van der Waals surface area contributed by atoms with Crippen LogP contribution < -0.4 is 9.47 Å². The van der Waals surface area contributed by atoms with Gasteiger partial charge in [0.2, 0.25) is 0 Å². The van der Waals surface area contributed by atoms with Gasteiger partial charge in [-0.3, -0.25) is 0 Å². The van der Waals surface area contributed by atoms with E-state index in [1.807, 2.05) is 24.3 Å². The Morgan fingerprint density at radius 2 is 1.00 bits per heavy atom. The van der Waals surface area contributed by atoms with Crippen LogP contribution in [-0.4, -0.2) is 20.1 Å². The van der Waals surface area contributed by atoms with Gasteiger partial charge in [-0.1, -0.05) is 0 Å². The van der Waals surface area contributed by atoms with Gasteiger partial charge in [0.15, 0.2) is 0 Å². The first-order valence-electron chi connectivity index (χ1n) is 15.7. The van der Waals surface area contributed by atoms with Crippen molar-refractivity contribution in [3.63, 3.8) is 0 Å². The summed E-state index contributed by atoms with van der Waals surface area (Å²) in [6, 6.07) is 30.2.